The zero-order valence-corrected chi connectivity index (χ0v) is 20.7. The Morgan fingerprint density at radius 2 is 1.37 bits per heavy atom. The van der Waals surface area contributed by atoms with Gasteiger partial charge in [0.2, 0.25) is 15.9 Å². The molecular formula is C27H31N3O4S. The number of sulfonamides is 1. The summed E-state index contributed by atoms with van der Waals surface area (Å²) in [7, 11) is -3.52. The van der Waals surface area contributed by atoms with Crippen LogP contribution in [0.15, 0.2) is 84.9 Å². The van der Waals surface area contributed by atoms with E-state index in [0.29, 0.717) is 23.1 Å². The molecule has 3 aromatic carbocycles. The summed E-state index contributed by atoms with van der Waals surface area (Å²) in [5, 5.41) is 5.71. The molecule has 0 spiro atoms. The van der Waals surface area contributed by atoms with Crippen LogP contribution in [-0.4, -0.2) is 32.3 Å². The van der Waals surface area contributed by atoms with Crippen molar-refractivity contribution in [2.75, 3.05) is 0 Å². The lowest BCUT2D eigenvalue weighted by Crippen LogP contribution is -2.47. The van der Waals surface area contributed by atoms with Gasteiger partial charge in [-0.15, -0.1) is 0 Å². The monoisotopic (exact) mass is 493 g/mol. The third-order valence-corrected chi connectivity index (χ3v) is 6.79. The van der Waals surface area contributed by atoms with Crippen molar-refractivity contribution in [1.29, 1.82) is 0 Å². The fourth-order valence-electron chi connectivity index (χ4n) is 3.67. The van der Waals surface area contributed by atoms with Crippen molar-refractivity contribution in [1.82, 2.24) is 15.4 Å². The summed E-state index contributed by atoms with van der Waals surface area (Å²) in [6.45, 7) is 3.67. The Bertz CT molecular complexity index is 1230. The summed E-state index contributed by atoms with van der Waals surface area (Å²) < 4.78 is 27.4. The Morgan fingerprint density at radius 1 is 0.800 bits per heavy atom. The van der Waals surface area contributed by atoms with Gasteiger partial charge >= 0.3 is 0 Å². The second-order valence-electron chi connectivity index (χ2n) is 8.60. The second kappa shape index (κ2) is 12.3. The van der Waals surface area contributed by atoms with Crippen LogP contribution in [0.4, 0.5) is 0 Å². The smallest absolute Gasteiger partial charge is 0.251 e. The molecule has 0 aliphatic heterocycles. The van der Waals surface area contributed by atoms with E-state index in [-0.39, 0.29) is 30.2 Å². The SMILES string of the molecule is CC(C)NS(=O)(=O)Cc1ccccc1CNC(=O)C(Cc1ccccc1)NC(=O)c1ccccc1. The first-order valence-corrected chi connectivity index (χ1v) is 13.1. The molecule has 0 saturated heterocycles. The number of carbonyl (C=O) groups excluding carboxylic acids is 2. The maximum Gasteiger partial charge on any atom is 0.251 e. The van der Waals surface area contributed by atoms with Gasteiger partial charge in [0.25, 0.3) is 5.91 Å². The average Bonchev–Trinajstić information content (AvgIpc) is 2.83. The van der Waals surface area contributed by atoms with E-state index in [9.17, 15) is 18.0 Å². The highest BCUT2D eigenvalue weighted by atomic mass is 32.2. The first kappa shape index (κ1) is 26.1. The highest BCUT2D eigenvalue weighted by Crippen LogP contribution is 2.13. The summed E-state index contributed by atoms with van der Waals surface area (Å²) >= 11 is 0. The number of nitrogens with one attached hydrogen (secondary N) is 3. The topological polar surface area (TPSA) is 104 Å². The van der Waals surface area contributed by atoms with E-state index in [2.05, 4.69) is 15.4 Å². The van der Waals surface area contributed by atoms with Gasteiger partial charge in [0.1, 0.15) is 6.04 Å². The molecule has 7 nitrogen and oxygen atoms in total. The molecule has 0 saturated carbocycles. The lowest BCUT2D eigenvalue weighted by molar-refractivity contribution is -0.123. The molecule has 35 heavy (non-hydrogen) atoms. The van der Waals surface area contributed by atoms with E-state index < -0.39 is 16.1 Å². The van der Waals surface area contributed by atoms with Gasteiger partial charge in [-0.1, -0.05) is 72.8 Å². The minimum atomic E-state index is -3.52. The van der Waals surface area contributed by atoms with Crippen LogP contribution >= 0.6 is 0 Å². The van der Waals surface area contributed by atoms with Gasteiger partial charge in [0.15, 0.2) is 0 Å². The molecule has 0 aliphatic rings. The Kier molecular flexibility index (Phi) is 9.17. The van der Waals surface area contributed by atoms with E-state index >= 15 is 0 Å². The van der Waals surface area contributed by atoms with Crippen LogP contribution in [-0.2, 0) is 33.5 Å². The minimum absolute atomic E-state index is 0.138. The van der Waals surface area contributed by atoms with Gasteiger partial charge in [0, 0.05) is 24.6 Å². The number of carbonyl (C=O) groups is 2. The molecule has 0 heterocycles. The number of hydrogen-bond acceptors (Lipinski definition) is 4. The molecule has 0 aliphatic carbocycles. The molecule has 0 radical (unpaired) electrons. The van der Waals surface area contributed by atoms with Crippen molar-refractivity contribution in [2.45, 2.75) is 44.6 Å². The van der Waals surface area contributed by atoms with Crippen molar-refractivity contribution >= 4 is 21.8 Å². The molecule has 8 heteroatoms. The van der Waals surface area contributed by atoms with Gasteiger partial charge < -0.3 is 10.6 Å². The van der Waals surface area contributed by atoms with Crippen molar-refractivity contribution < 1.29 is 18.0 Å². The molecule has 0 bridgehead atoms. The number of benzene rings is 3. The average molecular weight is 494 g/mol. The van der Waals surface area contributed by atoms with Crippen LogP contribution in [0.1, 0.15) is 40.9 Å². The standard InChI is InChI=1S/C27H31N3O4S/c1-20(2)30-35(33,34)19-24-16-10-9-15-23(24)18-28-27(32)25(17-21-11-5-3-6-12-21)29-26(31)22-13-7-4-8-14-22/h3-16,20,25,30H,17-19H2,1-2H3,(H,28,32)(H,29,31). The van der Waals surface area contributed by atoms with Crippen molar-refractivity contribution in [3.05, 3.63) is 107 Å². The first-order valence-electron chi connectivity index (χ1n) is 11.5. The zero-order chi connectivity index (χ0) is 25.3. The number of rotatable bonds is 11. The highest BCUT2D eigenvalue weighted by molar-refractivity contribution is 7.88. The van der Waals surface area contributed by atoms with Crippen LogP contribution in [0.3, 0.4) is 0 Å². The van der Waals surface area contributed by atoms with Crippen LogP contribution < -0.4 is 15.4 Å². The molecule has 2 amide bonds. The maximum atomic E-state index is 13.2. The lowest BCUT2D eigenvalue weighted by Gasteiger charge is -2.20. The summed E-state index contributed by atoms with van der Waals surface area (Å²) in [5.41, 5.74) is 2.68. The first-order chi connectivity index (χ1) is 16.7. The fraction of sp³-hybridized carbons (Fsp3) is 0.259. The molecular weight excluding hydrogens is 462 g/mol. The third kappa shape index (κ3) is 8.35. The summed E-state index contributed by atoms with van der Waals surface area (Å²) in [6, 6.07) is 24.3. The predicted octanol–water partition coefficient (Wildman–Crippen LogP) is 3.17. The van der Waals surface area contributed by atoms with Crippen molar-refractivity contribution in [3.63, 3.8) is 0 Å². The third-order valence-electron chi connectivity index (χ3n) is 5.27. The van der Waals surface area contributed by atoms with E-state index in [1.54, 1.807) is 62.4 Å². The number of hydrogen-bond donors (Lipinski definition) is 3. The number of amides is 2. The predicted molar refractivity (Wildman–Crippen MR) is 137 cm³/mol. The minimum Gasteiger partial charge on any atom is -0.350 e. The highest BCUT2D eigenvalue weighted by Gasteiger charge is 2.22. The normalized spacial score (nSPS) is 12.2. The maximum absolute atomic E-state index is 13.2. The lowest BCUT2D eigenvalue weighted by atomic mass is 10.0. The molecule has 3 N–H and O–H groups in total. The summed E-state index contributed by atoms with van der Waals surface area (Å²) in [6.07, 6.45) is 0.319. The van der Waals surface area contributed by atoms with E-state index in [4.69, 9.17) is 0 Å². The molecule has 0 fully saturated rings. The largest absolute Gasteiger partial charge is 0.350 e. The Morgan fingerprint density at radius 3 is 2.00 bits per heavy atom. The Labute approximate surface area is 207 Å². The van der Waals surface area contributed by atoms with Crippen LogP contribution in [0.2, 0.25) is 0 Å². The Balaban J connectivity index is 1.73. The van der Waals surface area contributed by atoms with Gasteiger partial charge in [-0.2, -0.15) is 0 Å². The van der Waals surface area contributed by atoms with Crippen LogP contribution in [0, 0.1) is 0 Å². The van der Waals surface area contributed by atoms with Crippen LogP contribution in [0.25, 0.3) is 0 Å². The van der Waals surface area contributed by atoms with E-state index in [1.165, 1.54) is 0 Å². The molecule has 184 valence electrons. The van der Waals surface area contributed by atoms with Gasteiger partial charge in [-0.3, -0.25) is 9.59 Å². The summed E-state index contributed by atoms with van der Waals surface area (Å²) in [4.78, 5) is 25.9. The van der Waals surface area contributed by atoms with Gasteiger partial charge in [0.05, 0.1) is 5.75 Å². The summed E-state index contributed by atoms with van der Waals surface area (Å²) in [5.74, 6) is -0.876. The molecule has 3 rings (SSSR count). The zero-order valence-electron chi connectivity index (χ0n) is 19.9. The molecule has 1 atom stereocenters. The Hall–Kier alpha value is -3.49. The van der Waals surface area contributed by atoms with Crippen LogP contribution in [0.5, 0.6) is 0 Å². The molecule has 3 aromatic rings. The molecule has 0 aromatic heterocycles. The van der Waals surface area contributed by atoms with Gasteiger partial charge in [-0.25, -0.2) is 13.1 Å². The van der Waals surface area contributed by atoms with E-state index in [1.807, 2.05) is 36.4 Å². The fourth-order valence-corrected chi connectivity index (χ4v) is 5.16. The van der Waals surface area contributed by atoms with E-state index in [0.717, 1.165) is 5.56 Å². The molecule has 1 unspecified atom stereocenters. The van der Waals surface area contributed by atoms with Gasteiger partial charge in [-0.05, 0) is 42.7 Å². The van der Waals surface area contributed by atoms with Crippen molar-refractivity contribution in [3.8, 4) is 0 Å². The quantitative estimate of drug-likeness (QED) is 0.382. The second-order valence-corrected chi connectivity index (χ2v) is 10.4. The van der Waals surface area contributed by atoms with Crippen molar-refractivity contribution in [2.24, 2.45) is 0 Å².